The van der Waals surface area contributed by atoms with Crippen molar-refractivity contribution in [3.05, 3.63) is 66.0 Å². The average Bonchev–Trinajstić information content (AvgIpc) is 2.60. The first-order chi connectivity index (χ1) is 11.7. The van der Waals surface area contributed by atoms with Gasteiger partial charge in [0.25, 0.3) is 0 Å². The Bertz CT molecular complexity index is 692. The standard InChI is InChI=1S/C18H22FN3OS/c1-2-20-18(22-14-15-7-6-8-16(19)13-15)21-11-12-24(23)17-9-4-3-5-10-17/h3-10,13H,2,11-12,14H2,1H3,(H2,20,21,22). The van der Waals surface area contributed by atoms with Gasteiger partial charge in [-0.3, -0.25) is 4.21 Å². The van der Waals surface area contributed by atoms with E-state index in [0.29, 0.717) is 24.8 Å². The number of nitrogens with one attached hydrogen (secondary N) is 2. The van der Waals surface area contributed by atoms with Gasteiger partial charge in [-0.15, -0.1) is 0 Å². The van der Waals surface area contributed by atoms with Gasteiger partial charge in [0.05, 0.1) is 17.3 Å². The lowest BCUT2D eigenvalue weighted by Gasteiger charge is -2.11. The van der Waals surface area contributed by atoms with Crippen molar-refractivity contribution in [2.45, 2.75) is 18.4 Å². The molecule has 0 aliphatic carbocycles. The molecule has 24 heavy (non-hydrogen) atoms. The van der Waals surface area contributed by atoms with Gasteiger partial charge in [0, 0.05) is 23.7 Å². The molecule has 0 fully saturated rings. The van der Waals surface area contributed by atoms with Gasteiger partial charge in [-0.2, -0.15) is 0 Å². The highest BCUT2D eigenvalue weighted by Gasteiger charge is 2.04. The first-order valence-electron chi connectivity index (χ1n) is 7.89. The van der Waals surface area contributed by atoms with Crippen LogP contribution in [0.4, 0.5) is 4.39 Å². The molecule has 0 aliphatic heterocycles. The molecule has 128 valence electrons. The second-order valence-corrected chi connectivity index (χ2v) is 6.69. The van der Waals surface area contributed by atoms with Gasteiger partial charge in [-0.1, -0.05) is 30.3 Å². The largest absolute Gasteiger partial charge is 0.357 e. The predicted molar refractivity (Wildman–Crippen MR) is 96.9 cm³/mol. The molecule has 0 saturated heterocycles. The number of rotatable bonds is 7. The van der Waals surface area contributed by atoms with Gasteiger partial charge in [0.1, 0.15) is 5.82 Å². The van der Waals surface area contributed by atoms with E-state index in [1.165, 1.54) is 12.1 Å². The molecule has 0 bridgehead atoms. The van der Waals surface area contributed by atoms with E-state index in [0.717, 1.165) is 17.0 Å². The molecule has 2 aromatic carbocycles. The van der Waals surface area contributed by atoms with Crippen LogP contribution < -0.4 is 10.6 Å². The van der Waals surface area contributed by atoms with E-state index in [-0.39, 0.29) is 5.82 Å². The highest BCUT2D eigenvalue weighted by atomic mass is 32.2. The zero-order chi connectivity index (χ0) is 17.2. The van der Waals surface area contributed by atoms with Crippen LogP contribution >= 0.6 is 0 Å². The van der Waals surface area contributed by atoms with Gasteiger partial charge in [-0.25, -0.2) is 9.38 Å². The average molecular weight is 347 g/mol. The lowest BCUT2D eigenvalue weighted by molar-refractivity contribution is 0.625. The van der Waals surface area contributed by atoms with Crippen molar-refractivity contribution in [3.63, 3.8) is 0 Å². The monoisotopic (exact) mass is 347 g/mol. The summed E-state index contributed by atoms with van der Waals surface area (Å²) in [5, 5.41) is 6.29. The molecule has 2 aromatic rings. The maximum Gasteiger partial charge on any atom is 0.191 e. The van der Waals surface area contributed by atoms with E-state index in [4.69, 9.17) is 0 Å². The lowest BCUT2D eigenvalue weighted by atomic mass is 10.2. The second kappa shape index (κ2) is 9.82. The minimum Gasteiger partial charge on any atom is -0.357 e. The Kier molecular flexibility index (Phi) is 7.42. The number of benzene rings is 2. The van der Waals surface area contributed by atoms with E-state index in [9.17, 15) is 8.60 Å². The quantitative estimate of drug-likeness (QED) is 0.598. The Balaban J connectivity index is 1.86. The fourth-order valence-corrected chi connectivity index (χ4v) is 3.08. The molecule has 6 heteroatoms. The van der Waals surface area contributed by atoms with Crippen molar-refractivity contribution in [1.29, 1.82) is 0 Å². The van der Waals surface area contributed by atoms with Crippen LogP contribution in [0.15, 0.2) is 64.5 Å². The van der Waals surface area contributed by atoms with Crippen LogP contribution in [0, 0.1) is 5.82 Å². The van der Waals surface area contributed by atoms with E-state index in [1.807, 2.05) is 43.3 Å². The Morgan fingerprint density at radius 3 is 2.62 bits per heavy atom. The van der Waals surface area contributed by atoms with Crippen LogP contribution in [0.3, 0.4) is 0 Å². The molecule has 0 aliphatic rings. The third-order valence-electron chi connectivity index (χ3n) is 3.24. The summed E-state index contributed by atoms with van der Waals surface area (Å²) in [4.78, 5) is 5.24. The predicted octanol–water partition coefficient (Wildman–Crippen LogP) is 2.69. The summed E-state index contributed by atoms with van der Waals surface area (Å²) in [6.07, 6.45) is 0. The van der Waals surface area contributed by atoms with Gasteiger partial charge >= 0.3 is 0 Å². The summed E-state index contributed by atoms with van der Waals surface area (Å²) >= 11 is 0. The lowest BCUT2D eigenvalue weighted by Crippen LogP contribution is -2.39. The minimum absolute atomic E-state index is 0.265. The van der Waals surface area contributed by atoms with Crippen LogP contribution in [0.2, 0.25) is 0 Å². The molecule has 0 heterocycles. The molecule has 1 atom stereocenters. The zero-order valence-electron chi connectivity index (χ0n) is 13.7. The highest BCUT2D eigenvalue weighted by Crippen LogP contribution is 2.05. The molecule has 0 amide bonds. The third kappa shape index (κ3) is 6.12. The van der Waals surface area contributed by atoms with Crippen LogP contribution in [0.1, 0.15) is 12.5 Å². The van der Waals surface area contributed by atoms with Gasteiger partial charge in [0.15, 0.2) is 5.96 Å². The first-order valence-corrected chi connectivity index (χ1v) is 9.21. The topological polar surface area (TPSA) is 53.5 Å². The Morgan fingerprint density at radius 2 is 1.92 bits per heavy atom. The first kappa shape index (κ1) is 18.1. The number of hydrogen-bond donors (Lipinski definition) is 2. The number of guanidine groups is 1. The van der Waals surface area contributed by atoms with Gasteiger partial charge in [-0.05, 0) is 36.8 Å². The van der Waals surface area contributed by atoms with Gasteiger partial charge in [0.2, 0.25) is 0 Å². The fourth-order valence-electron chi connectivity index (χ4n) is 2.10. The third-order valence-corrected chi connectivity index (χ3v) is 4.61. The molecule has 2 N–H and O–H groups in total. The van der Waals surface area contributed by atoms with E-state index >= 15 is 0 Å². The molecular formula is C18H22FN3OS. The molecule has 0 spiro atoms. The Labute approximate surface area is 144 Å². The van der Waals surface area contributed by atoms with Crippen LogP contribution in [-0.4, -0.2) is 29.0 Å². The number of halogens is 1. The molecule has 0 aromatic heterocycles. The molecule has 0 saturated carbocycles. The maximum absolute atomic E-state index is 13.2. The second-order valence-electron chi connectivity index (χ2n) is 5.11. The number of nitrogens with zero attached hydrogens (tertiary/aromatic N) is 1. The number of aliphatic imine (C=N–C) groups is 1. The molecule has 2 rings (SSSR count). The zero-order valence-corrected chi connectivity index (χ0v) is 14.5. The molecule has 4 nitrogen and oxygen atoms in total. The van der Waals surface area contributed by atoms with E-state index in [2.05, 4.69) is 15.6 Å². The normalized spacial score (nSPS) is 12.7. The maximum atomic E-state index is 13.2. The van der Waals surface area contributed by atoms with Crippen molar-refractivity contribution >= 4 is 16.8 Å². The number of hydrogen-bond acceptors (Lipinski definition) is 2. The summed E-state index contributed by atoms with van der Waals surface area (Å²) in [6, 6.07) is 15.8. The van der Waals surface area contributed by atoms with Gasteiger partial charge < -0.3 is 10.6 Å². The van der Waals surface area contributed by atoms with E-state index in [1.54, 1.807) is 6.07 Å². The molecule has 0 radical (unpaired) electrons. The van der Waals surface area contributed by atoms with Crippen molar-refractivity contribution in [3.8, 4) is 0 Å². The van der Waals surface area contributed by atoms with Crippen LogP contribution in [0.25, 0.3) is 0 Å². The Morgan fingerprint density at radius 1 is 1.12 bits per heavy atom. The van der Waals surface area contributed by atoms with Crippen LogP contribution in [0.5, 0.6) is 0 Å². The van der Waals surface area contributed by atoms with Crippen molar-refractivity contribution in [1.82, 2.24) is 10.6 Å². The summed E-state index contributed by atoms with van der Waals surface area (Å²) in [5.74, 6) is 0.861. The Hall–Kier alpha value is -2.21. The molecule has 1 unspecified atom stereocenters. The van der Waals surface area contributed by atoms with Crippen molar-refractivity contribution in [2.75, 3.05) is 18.8 Å². The highest BCUT2D eigenvalue weighted by molar-refractivity contribution is 7.85. The van der Waals surface area contributed by atoms with Crippen molar-refractivity contribution < 1.29 is 8.60 Å². The van der Waals surface area contributed by atoms with Crippen molar-refractivity contribution in [2.24, 2.45) is 4.99 Å². The SMILES string of the molecule is CCNC(=NCc1cccc(F)c1)NCCS(=O)c1ccccc1. The van der Waals surface area contributed by atoms with Crippen LogP contribution in [-0.2, 0) is 17.3 Å². The summed E-state index contributed by atoms with van der Waals surface area (Å²) in [5.41, 5.74) is 0.806. The summed E-state index contributed by atoms with van der Waals surface area (Å²) in [6.45, 7) is 3.61. The summed E-state index contributed by atoms with van der Waals surface area (Å²) < 4.78 is 25.3. The minimum atomic E-state index is -1.04. The molecular weight excluding hydrogens is 325 g/mol. The summed E-state index contributed by atoms with van der Waals surface area (Å²) in [7, 11) is -1.04. The van der Waals surface area contributed by atoms with E-state index < -0.39 is 10.8 Å². The fraction of sp³-hybridized carbons (Fsp3) is 0.278. The smallest absolute Gasteiger partial charge is 0.191 e.